The van der Waals surface area contributed by atoms with Gasteiger partial charge in [0.1, 0.15) is 18.7 Å². The van der Waals surface area contributed by atoms with E-state index in [0.29, 0.717) is 5.56 Å². The van der Waals surface area contributed by atoms with Crippen molar-refractivity contribution in [3.05, 3.63) is 42.0 Å². The quantitative estimate of drug-likeness (QED) is 0.637. The SMILES string of the molecule is C=C(C)CC(NC(=O)c1ccc(NC)cc1)C(=O)N[C@@H]1C(=O)CO[C@@H]1C. The van der Waals surface area contributed by atoms with Crippen LogP contribution in [0.25, 0.3) is 0 Å². The zero-order chi connectivity index (χ0) is 19.3. The molecule has 1 aliphatic heterocycles. The Morgan fingerprint density at radius 1 is 1.31 bits per heavy atom. The highest BCUT2D eigenvalue weighted by molar-refractivity contribution is 5.99. The normalized spacial score (nSPS) is 20.3. The number of carbonyl (C=O) groups excluding carboxylic acids is 3. The molecule has 1 heterocycles. The van der Waals surface area contributed by atoms with Crippen LogP contribution in [0, 0.1) is 0 Å². The predicted molar refractivity (Wildman–Crippen MR) is 99.0 cm³/mol. The number of ether oxygens (including phenoxy) is 1. The van der Waals surface area contributed by atoms with Crippen molar-refractivity contribution >= 4 is 23.3 Å². The fourth-order valence-corrected chi connectivity index (χ4v) is 2.70. The lowest BCUT2D eigenvalue weighted by Gasteiger charge is -2.22. The van der Waals surface area contributed by atoms with Crippen molar-refractivity contribution in [3.8, 4) is 0 Å². The number of amides is 2. The van der Waals surface area contributed by atoms with Crippen molar-refractivity contribution in [3.63, 3.8) is 0 Å². The van der Waals surface area contributed by atoms with E-state index in [1.54, 1.807) is 45.2 Å². The maximum absolute atomic E-state index is 12.6. The van der Waals surface area contributed by atoms with E-state index in [2.05, 4.69) is 22.5 Å². The summed E-state index contributed by atoms with van der Waals surface area (Å²) in [5.74, 6) is -0.964. The molecule has 0 aliphatic carbocycles. The third-order valence-electron chi connectivity index (χ3n) is 4.21. The second-order valence-electron chi connectivity index (χ2n) is 6.48. The Hall–Kier alpha value is -2.67. The van der Waals surface area contributed by atoms with Gasteiger partial charge in [0.15, 0.2) is 5.78 Å². The van der Waals surface area contributed by atoms with Crippen LogP contribution >= 0.6 is 0 Å². The summed E-state index contributed by atoms with van der Waals surface area (Å²) in [6, 6.07) is 5.39. The van der Waals surface area contributed by atoms with Gasteiger partial charge in [0, 0.05) is 18.3 Å². The zero-order valence-electron chi connectivity index (χ0n) is 15.3. The number of carbonyl (C=O) groups is 3. The van der Waals surface area contributed by atoms with Crippen LogP contribution in [0.4, 0.5) is 5.69 Å². The van der Waals surface area contributed by atoms with Crippen LogP contribution in [0.1, 0.15) is 30.6 Å². The van der Waals surface area contributed by atoms with E-state index in [4.69, 9.17) is 4.74 Å². The highest BCUT2D eigenvalue weighted by Gasteiger charge is 2.35. The standard InChI is InChI=1S/C19H25N3O4/c1-11(2)9-15(19(25)22-17-12(3)26-10-16(17)23)21-18(24)13-5-7-14(20-4)8-6-13/h5-8,12,15,17,20H,1,9-10H2,2-4H3,(H,21,24)(H,22,25)/t12-,15?,17+/m1/s1. The minimum Gasteiger partial charge on any atom is -0.388 e. The van der Waals surface area contributed by atoms with Gasteiger partial charge in [-0.05, 0) is 44.5 Å². The Morgan fingerprint density at radius 2 is 1.96 bits per heavy atom. The Labute approximate surface area is 153 Å². The Bertz CT molecular complexity index is 699. The lowest BCUT2D eigenvalue weighted by Crippen LogP contribution is -2.53. The van der Waals surface area contributed by atoms with Crippen molar-refractivity contribution in [2.45, 2.75) is 38.5 Å². The van der Waals surface area contributed by atoms with Crippen molar-refractivity contribution < 1.29 is 19.1 Å². The second kappa shape index (κ2) is 8.62. The first-order chi connectivity index (χ1) is 12.3. The zero-order valence-corrected chi connectivity index (χ0v) is 15.3. The molecular weight excluding hydrogens is 334 g/mol. The van der Waals surface area contributed by atoms with Gasteiger partial charge in [-0.2, -0.15) is 0 Å². The first-order valence-corrected chi connectivity index (χ1v) is 8.49. The first kappa shape index (κ1) is 19.7. The lowest BCUT2D eigenvalue weighted by atomic mass is 10.1. The fourth-order valence-electron chi connectivity index (χ4n) is 2.70. The molecule has 2 amide bonds. The molecule has 0 aromatic heterocycles. The second-order valence-corrected chi connectivity index (χ2v) is 6.48. The van der Waals surface area contributed by atoms with Gasteiger partial charge in [0.25, 0.3) is 5.91 Å². The summed E-state index contributed by atoms with van der Waals surface area (Å²) in [5, 5.41) is 8.38. The third-order valence-corrected chi connectivity index (χ3v) is 4.21. The minimum atomic E-state index is -0.815. The van der Waals surface area contributed by atoms with Crippen molar-refractivity contribution in [2.75, 3.05) is 19.0 Å². The van der Waals surface area contributed by atoms with Crippen molar-refractivity contribution in [1.29, 1.82) is 0 Å². The van der Waals surface area contributed by atoms with E-state index in [0.717, 1.165) is 11.3 Å². The van der Waals surface area contributed by atoms with Crippen LogP contribution < -0.4 is 16.0 Å². The summed E-state index contributed by atoms with van der Waals surface area (Å²) >= 11 is 0. The summed E-state index contributed by atoms with van der Waals surface area (Å²) in [5.41, 5.74) is 2.07. The number of anilines is 1. The molecule has 1 aromatic carbocycles. The van der Waals surface area contributed by atoms with Crippen LogP contribution in [0.2, 0.25) is 0 Å². The molecule has 1 fully saturated rings. The number of hydrogen-bond acceptors (Lipinski definition) is 5. The van der Waals surface area contributed by atoms with Crippen LogP contribution in [-0.2, 0) is 14.3 Å². The molecule has 140 valence electrons. The van der Waals surface area contributed by atoms with E-state index in [1.165, 1.54) is 0 Å². The Balaban J connectivity index is 2.07. The van der Waals surface area contributed by atoms with Gasteiger partial charge >= 0.3 is 0 Å². The lowest BCUT2D eigenvalue weighted by molar-refractivity contribution is -0.127. The Morgan fingerprint density at radius 3 is 2.46 bits per heavy atom. The molecule has 1 aliphatic rings. The van der Waals surface area contributed by atoms with Crippen molar-refractivity contribution in [2.24, 2.45) is 0 Å². The predicted octanol–water partition coefficient (Wildman–Crippen LogP) is 1.27. The topological polar surface area (TPSA) is 96.5 Å². The molecular formula is C19H25N3O4. The molecule has 7 nitrogen and oxygen atoms in total. The van der Waals surface area contributed by atoms with E-state index in [1.807, 2.05) is 0 Å². The first-order valence-electron chi connectivity index (χ1n) is 8.49. The number of hydrogen-bond donors (Lipinski definition) is 3. The molecule has 1 aromatic rings. The van der Waals surface area contributed by atoms with Crippen LogP contribution in [0.15, 0.2) is 36.4 Å². The van der Waals surface area contributed by atoms with Gasteiger partial charge in [-0.25, -0.2) is 0 Å². The maximum atomic E-state index is 12.6. The van der Waals surface area contributed by atoms with Gasteiger partial charge in [0.05, 0.1) is 6.10 Å². The van der Waals surface area contributed by atoms with Gasteiger partial charge in [-0.3, -0.25) is 14.4 Å². The number of benzene rings is 1. The van der Waals surface area contributed by atoms with Crippen LogP contribution in [0.5, 0.6) is 0 Å². The van der Waals surface area contributed by atoms with E-state index in [9.17, 15) is 14.4 Å². The molecule has 0 saturated carbocycles. The summed E-state index contributed by atoms with van der Waals surface area (Å²) in [7, 11) is 1.79. The fraction of sp³-hybridized carbons (Fsp3) is 0.421. The summed E-state index contributed by atoms with van der Waals surface area (Å²) in [6.45, 7) is 7.30. The van der Waals surface area contributed by atoms with Gasteiger partial charge < -0.3 is 20.7 Å². The van der Waals surface area contributed by atoms with Gasteiger partial charge in [-0.1, -0.05) is 5.57 Å². The molecule has 1 unspecified atom stereocenters. The molecule has 0 spiro atoms. The number of Topliss-reactive ketones (excluding diaryl/α,β-unsaturated/α-hetero) is 1. The molecule has 3 N–H and O–H groups in total. The summed E-state index contributed by atoms with van der Waals surface area (Å²) in [4.78, 5) is 36.9. The van der Waals surface area contributed by atoms with E-state index < -0.39 is 18.0 Å². The number of nitrogens with one attached hydrogen (secondary N) is 3. The van der Waals surface area contributed by atoms with E-state index >= 15 is 0 Å². The summed E-state index contributed by atoms with van der Waals surface area (Å²) in [6.07, 6.45) is -0.107. The monoisotopic (exact) mass is 359 g/mol. The molecule has 0 bridgehead atoms. The largest absolute Gasteiger partial charge is 0.388 e. The average Bonchev–Trinajstić information content (AvgIpc) is 2.92. The van der Waals surface area contributed by atoms with E-state index in [-0.39, 0.29) is 30.8 Å². The smallest absolute Gasteiger partial charge is 0.251 e. The highest BCUT2D eigenvalue weighted by atomic mass is 16.5. The minimum absolute atomic E-state index is 0.0125. The molecule has 1 saturated heterocycles. The molecule has 7 heteroatoms. The molecule has 0 radical (unpaired) electrons. The number of rotatable bonds is 7. The average molecular weight is 359 g/mol. The molecule has 26 heavy (non-hydrogen) atoms. The van der Waals surface area contributed by atoms with Crippen molar-refractivity contribution in [1.82, 2.24) is 10.6 Å². The Kier molecular flexibility index (Phi) is 6.52. The van der Waals surface area contributed by atoms with Crippen LogP contribution in [0.3, 0.4) is 0 Å². The van der Waals surface area contributed by atoms with Crippen LogP contribution in [-0.4, -0.2) is 49.4 Å². The molecule has 3 atom stereocenters. The summed E-state index contributed by atoms with van der Waals surface area (Å²) < 4.78 is 5.24. The highest BCUT2D eigenvalue weighted by Crippen LogP contribution is 2.12. The van der Waals surface area contributed by atoms with Gasteiger partial charge in [0.2, 0.25) is 5.91 Å². The van der Waals surface area contributed by atoms with Gasteiger partial charge in [-0.15, -0.1) is 6.58 Å². The number of ketones is 1. The third kappa shape index (κ3) is 4.92. The maximum Gasteiger partial charge on any atom is 0.251 e. The molecule has 2 rings (SSSR count).